The molecule has 1 aliphatic heterocycles. The van der Waals surface area contributed by atoms with Crippen LogP contribution in [0, 0.1) is 11.8 Å². The molecule has 1 aromatic rings. The van der Waals surface area contributed by atoms with E-state index in [9.17, 15) is 8.42 Å². The minimum atomic E-state index is -3.32. The van der Waals surface area contributed by atoms with Crippen molar-refractivity contribution in [1.29, 1.82) is 0 Å². The summed E-state index contributed by atoms with van der Waals surface area (Å²) < 4.78 is 35.4. The van der Waals surface area contributed by atoms with Gasteiger partial charge in [0.15, 0.2) is 0 Å². The number of nitrogens with zero attached hydrogens (tertiary/aromatic N) is 3. The fourth-order valence-corrected chi connectivity index (χ4v) is 7.66. The van der Waals surface area contributed by atoms with Crippen LogP contribution in [0.15, 0.2) is 22.7 Å². The summed E-state index contributed by atoms with van der Waals surface area (Å²) in [6, 6.07) is 6.54. The molecule has 2 aliphatic rings. The van der Waals surface area contributed by atoms with E-state index >= 15 is 0 Å². The van der Waals surface area contributed by atoms with Crippen molar-refractivity contribution >= 4 is 26.1 Å². The first kappa shape index (κ1) is 29.9. The van der Waals surface area contributed by atoms with Gasteiger partial charge in [0, 0.05) is 31.2 Å². The van der Waals surface area contributed by atoms with E-state index < -0.39 is 10.2 Å². The predicted octanol–water partition coefficient (Wildman–Crippen LogP) is 5.96. The lowest BCUT2D eigenvalue weighted by atomic mass is 9.83. The van der Waals surface area contributed by atoms with Crippen LogP contribution in [0.3, 0.4) is 0 Å². The molecular formula is C28H48BrN3O3S. The maximum absolute atomic E-state index is 12.6. The highest BCUT2D eigenvalue weighted by Gasteiger charge is 2.33. The van der Waals surface area contributed by atoms with Crippen molar-refractivity contribution in [3.63, 3.8) is 0 Å². The number of rotatable bonds is 12. The number of halogens is 1. The average molecular weight is 587 g/mol. The first-order valence-corrected chi connectivity index (χ1v) is 16.2. The van der Waals surface area contributed by atoms with Gasteiger partial charge in [0.1, 0.15) is 5.75 Å². The van der Waals surface area contributed by atoms with Crippen molar-refractivity contribution < 1.29 is 13.2 Å². The zero-order chi connectivity index (χ0) is 26.3. The molecule has 0 N–H and O–H groups in total. The molecule has 6 nitrogen and oxygen atoms in total. The summed E-state index contributed by atoms with van der Waals surface area (Å²) in [4.78, 5) is 2.65. The molecule has 1 aromatic carbocycles. The molecule has 8 heteroatoms. The highest BCUT2D eigenvalue weighted by atomic mass is 79.9. The van der Waals surface area contributed by atoms with Crippen LogP contribution in [0.4, 0.5) is 0 Å². The number of hydrogen-bond acceptors (Lipinski definition) is 4. The molecule has 1 aliphatic carbocycles. The van der Waals surface area contributed by atoms with Crippen molar-refractivity contribution in [2.75, 3.05) is 40.3 Å². The smallest absolute Gasteiger partial charge is 0.281 e. The van der Waals surface area contributed by atoms with Gasteiger partial charge < -0.3 is 9.64 Å². The van der Waals surface area contributed by atoms with E-state index in [1.807, 2.05) is 13.0 Å². The van der Waals surface area contributed by atoms with Gasteiger partial charge >= 0.3 is 0 Å². The first-order chi connectivity index (χ1) is 17.1. The van der Waals surface area contributed by atoms with Gasteiger partial charge in [0.25, 0.3) is 10.2 Å². The first-order valence-electron chi connectivity index (χ1n) is 14.0. The van der Waals surface area contributed by atoms with Crippen LogP contribution in [-0.2, 0) is 16.6 Å². The summed E-state index contributed by atoms with van der Waals surface area (Å²) in [6.45, 7) is 10.2. The molecule has 36 heavy (non-hydrogen) atoms. The normalized spacial score (nSPS) is 22.6. The van der Waals surface area contributed by atoms with Gasteiger partial charge in [0.2, 0.25) is 0 Å². The van der Waals surface area contributed by atoms with Crippen molar-refractivity contribution in [2.24, 2.45) is 11.8 Å². The van der Waals surface area contributed by atoms with Crippen LogP contribution in [0.5, 0.6) is 5.75 Å². The summed E-state index contributed by atoms with van der Waals surface area (Å²) >= 11 is 3.74. The minimum absolute atomic E-state index is 0.162. The van der Waals surface area contributed by atoms with Gasteiger partial charge in [-0.2, -0.15) is 17.0 Å². The average Bonchev–Trinajstić information content (AvgIpc) is 2.83. The zero-order valence-electron chi connectivity index (χ0n) is 23.1. The molecule has 0 radical (unpaired) electrons. The molecule has 0 atom stereocenters. The highest BCUT2D eigenvalue weighted by molar-refractivity contribution is 9.10. The number of likely N-dealkylation sites (tertiary alicyclic amines) is 1. The van der Waals surface area contributed by atoms with Crippen LogP contribution in [-0.4, -0.2) is 74.3 Å². The molecule has 1 heterocycles. The lowest BCUT2D eigenvalue weighted by molar-refractivity contribution is 0.168. The van der Waals surface area contributed by atoms with E-state index in [0.717, 1.165) is 49.7 Å². The topological polar surface area (TPSA) is 53.1 Å². The van der Waals surface area contributed by atoms with Gasteiger partial charge in [-0.05, 0) is 127 Å². The molecule has 3 rings (SSSR count). The summed E-state index contributed by atoms with van der Waals surface area (Å²) in [5.41, 5.74) is 1.36. The standard InChI is InChI=1S/C28H48BrN3O3S/c1-6-32(36(33,34)30(4)5)26-11-9-23(10-12-26)8-7-17-31-18-15-24(16-19-31)20-25-21-27(35-22(2)3)13-14-28(25)29/h13-14,21-24,26H,6-12,15-20H2,1-5H3/t23-,26-. The van der Waals surface area contributed by atoms with E-state index in [0.29, 0.717) is 6.54 Å². The quantitative estimate of drug-likeness (QED) is 0.304. The van der Waals surface area contributed by atoms with Crippen molar-refractivity contribution in [2.45, 2.75) is 90.7 Å². The van der Waals surface area contributed by atoms with Gasteiger partial charge in [0.05, 0.1) is 6.10 Å². The Morgan fingerprint density at radius 2 is 1.72 bits per heavy atom. The molecule has 0 bridgehead atoms. The lowest BCUT2D eigenvalue weighted by Crippen LogP contribution is -2.47. The molecular weight excluding hydrogens is 538 g/mol. The predicted molar refractivity (Wildman–Crippen MR) is 153 cm³/mol. The molecule has 0 amide bonds. The molecule has 2 fully saturated rings. The fourth-order valence-electron chi connectivity index (χ4n) is 5.92. The SMILES string of the molecule is CCN([C@H]1CC[C@H](CCCN2CCC(Cc3cc(OC(C)C)ccc3Br)CC2)CC1)S(=O)(=O)N(C)C. The molecule has 0 aromatic heterocycles. The second-order valence-electron chi connectivity index (χ2n) is 11.2. The maximum atomic E-state index is 12.6. The number of ether oxygens (including phenoxy) is 1. The maximum Gasteiger partial charge on any atom is 0.281 e. The summed E-state index contributed by atoms with van der Waals surface area (Å²) in [5.74, 6) is 2.45. The van der Waals surface area contributed by atoms with E-state index in [2.05, 4.69) is 46.8 Å². The van der Waals surface area contributed by atoms with Gasteiger partial charge in [-0.15, -0.1) is 0 Å². The number of piperidine rings is 1. The van der Waals surface area contributed by atoms with Crippen LogP contribution >= 0.6 is 15.9 Å². The van der Waals surface area contributed by atoms with E-state index in [1.165, 1.54) is 59.7 Å². The Morgan fingerprint density at radius 1 is 1.06 bits per heavy atom. The van der Waals surface area contributed by atoms with Crippen LogP contribution in [0.25, 0.3) is 0 Å². The van der Waals surface area contributed by atoms with Crippen LogP contribution in [0.1, 0.15) is 77.7 Å². The molecule has 1 saturated heterocycles. The van der Waals surface area contributed by atoms with Crippen LogP contribution in [0.2, 0.25) is 0 Å². The molecule has 1 saturated carbocycles. The zero-order valence-corrected chi connectivity index (χ0v) is 25.5. The van der Waals surface area contributed by atoms with E-state index in [-0.39, 0.29) is 12.1 Å². The Hall–Kier alpha value is -0.670. The van der Waals surface area contributed by atoms with Crippen molar-refractivity contribution in [3.05, 3.63) is 28.2 Å². The largest absolute Gasteiger partial charge is 0.491 e. The number of hydrogen-bond donors (Lipinski definition) is 0. The van der Waals surface area contributed by atoms with E-state index in [4.69, 9.17) is 4.74 Å². The monoisotopic (exact) mass is 585 g/mol. The van der Waals surface area contributed by atoms with E-state index in [1.54, 1.807) is 18.4 Å². The Labute approximate surface area is 229 Å². The Morgan fingerprint density at radius 3 is 2.31 bits per heavy atom. The summed E-state index contributed by atoms with van der Waals surface area (Å²) in [7, 11) is -0.0594. The third-order valence-corrected chi connectivity index (χ3v) is 10.8. The third-order valence-electron chi connectivity index (χ3n) is 7.98. The lowest BCUT2D eigenvalue weighted by Gasteiger charge is -2.37. The van der Waals surface area contributed by atoms with Gasteiger partial charge in [-0.3, -0.25) is 0 Å². The minimum Gasteiger partial charge on any atom is -0.491 e. The fraction of sp³-hybridized carbons (Fsp3) is 0.786. The second-order valence-corrected chi connectivity index (χ2v) is 14.2. The van der Waals surface area contributed by atoms with Gasteiger partial charge in [-0.25, -0.2) is 0 Å². The summed E-state index contributed by atoms with van der Waals surface area (Å²) in [6.07, 6.45) is 10.7. The molecule has 0 unspecified atom stereocenters. The molecule has 206 valence electrons. The Balaban J connectivity index is 1.35. The van der Waals surface area contributed by atoms with Crippen molar-refractivity contribution in [1.82, 2.24) is 13.5 Å². The van der Waals surface area contributed by atoms with Crippen molar-refractivity contribution in [3.8, 4) is 5.75 Å². The Kier molecular flexibility index (Phi) is 11.6. The third kappa shape index (κ3) is 8.42. The Bertz CT molecular complexity index is 909. The summed E-state index contributed by atoms with van der Waals surface area (Å²) in [5, 5.41) is 0. The highest BCUT2D eigenvalue weighted by Crippen LogP contribution is 2.33. The molecule has 0 spiro atoms. The van der Waals surface area contributed by atoms with Gasteiger partial charge in [-0.1, -0.05) is 22.9 Å². The number of benzene rings is 1. The second kappa shape index (κ2) is 13.9. The van der Waals surface area contributed by atoms with Crippen LogP contribution < -0.4 is 4.74 Å².